The van der Waals surface area contributed by atoms with Gasteiger partial charge in [0, 0.05) is 6.07 Å². The Bertz CT molecular complexity index is 558. The van der Waals surface area contributed by atoms with E-state index in [1.54, 1.807) is 13.8 Å². The Labute approximate surface area is 115 Å². The zero-order valence-corrected chi connectivity index (χ0v) is 11.1. The molecule has 1 aromatic rings. The minimum atomic E-state index is -0.750. The van der Waals surface area contributed by atoms with E-state index in [4.69, 9.17) is 15.2 Å². The molecule has 0 saturated carbocycles. The molecule has 0 fully saturated rings. The van der Waals surface area contributed by atoms with Crippen LogP contribution in [-0.4, -0.2) is 23.7 Å². The first-order valence-electron chi connectivity index (χ1n) is 6.04. The van der Waals surface area contributed by atoms with E-state index in [0.29, 0.717) is 5.75 Å². The lowest BCUT2D eigenvalue weighted by Gasteiger charge is -2.15. The monoisotopic (exact) mass is 281 g/mol. The fourth-order valence-corrected chi connectivity index (χ4v) is 1.70. The van der Waals surface area contributed by atoms with E-state index in [1.165, 1.54) is 12.1 Å². The van der Waals surface area contributed by atoms with Gasteiger partial charge in [-0.3, -0.25) is 14.9 Å². The van der Waals surface area contributed by atoms with Crippen LogP contribution >= 0.6 is 0 Å². The summed E-state index contributed by atoms with van der Waals surface area (Å²) >= 11 is 0. The maximum atomic E-state index is 11.9. The molecule has 1 heterocycles. The zero-order chi connectivity index (χ0) is 14.9. The van der Waals surface area contributed by atoms with Gasteiger partial charge < -0.3 is 20.5 Å². The van der Waals surface area contributed by atoms with Crippen LogP contribution in [0.3, 0.4) is 0 Å². The van der Waals surface area contributed by atoms with E-state index in [1.807, 2.05) is 0 Å². The van der Waals surface area contributed by atoms with Crippen LogP contribution in [0.4, 0.5) is 11.4 Å². The summed E-state index contributed by atoms with van der Waals surface area (Å²) in [6.45, 7) is 3.58. The van der Waals surface area contributed by atoms with E-state index in [-0.39, 0.29) is 29.8 Å². The molecular formula is C12H15N3O5. The molecule has 1 aliphatic heterocycles. The molecule has 0 bridgehead atoms. The molecule has 0 radical (unpaired) electrons. The van der Waals surface area contributed by atoms with Crippen molar-refractivity contribution < 1.29 is 19.2 Å². The average molecular weight is 281 g/mol. The van der Waals surface area contributed by atoms with Gasteiger partial charge in [-0.05, 0) is 5.92 Å². The number of nitrogens with one attached hydrogen (secondary N) is 1. The van der Waals surface area contributed by atoms with Crippen molar-refractivity contribution in [1.29, 1.82) is 0 Å². The van der Waals surface area contributed by atoms with Gasteiger partial charge in [0.05, 0.1) is 17.0 Å². The molecule has 0 spiro atoms. The SMILES string of the molecule is CC(C)[C@@H](N)C(=O)Nc1cc2c(cc1[N+](=O)[O-])OCO2. The third-order valence-electron chi connectivity index (χ3n) is 2.97. The predicted molar refractivity (Wildman–Crippen MR) is 70.7 cm³/mol. The molecule has 20 heavy (non-hydrogen) atoms. The van der Waals surface area contributed by atoms with Crippen LogP contribution < -0.4 is 20.5 Å². The summed E-state index contributed by atoms with van der Waals surface area (Å²) in [4.78, 5) is 22.3. The summed E-state index contributed by atoms with van der Waals surface area (Å²) in [5, 5.41) is 13.5. The van der Waals surface area contributed by atoms with Crippen LogP contribution in [-0.2, 0) is 4.79 Å². The number of hydrogen-bond acceptors (Lipinski definition) is 6. The van der Waals surface area contributed by atoms with Gasteiger partial charge in [-0.25, -0.2) is 0 Å². The first-order valence-corrected chi connectivity index (χ1v) is 6.04. The Morgan fingerprint density at radius 1 is 1.40 bits per heavy atom. The van der Waals surface area contributed by atoms with Gasteiger partial charge in [0.15, 0.2) is 11.5 Å². The molecule has 0 aromatic heterocycles. The summed E-state index contributed by atoms with van der Waals surface area (Å²) in [6, 6.07) is 1.84. The highest BCUT2D eigenvalue weighted by molar-refractivity contribution is 5.97. The summed E-state index contributed by atoms with van der Waals surface area (Å²) in [5.41, 5.74) is 5.49. The average Bonchev–Trinajstić information content (AvgIpc) is 2.83. The Morgan fingerprint density at radius 2 is 2.00 bits per heavy atom. The van der Waals surface area contributed by atoms with Crippen molar-refractivity contribution in [2.45, 2.75) is 19.9 Å². The van der Waals surface area contributed by atoms with Crippen LogP contribution in [0.1, 0.15) is 13.8 Å². The van der Waals surface area contributed by atoms with Crippen molar-refractivity contribution in [2.24, 2.45) is 11.7 Å². The van der Waals surface area contributed by atoms with Gasteiger partial charge >= 0.3 is 0 Å². The number of nitrogens with zero attached hydrogens (tertiary/aromatic N) is 1. The molecule has 3 N–H and O–H groups in total. The van der Waals surface area contributed by atoms with Crippen molar-refractivity contribution in [3.8, 4) is 11.5 Å². The topological polar surface area (TPSA) is 117 Å². The molecule has 1 aromatic carbocycles. The van der Waals surface area contributed by atoms with E-state index in [0.717, 1.165) is 0 Å². The van der Waals surface area contributed by atoms with Gasteiger partial charge in [0.25, 0.3) is 5.69 Å². The number of benzene rings is 1. The summed E-state index contributed by atoms with van der Waals surface area (Å²) in [5.74, 6) is 0.0666. The molecule has 1 amide bonds. The van der Waals surface area contributed by atoms with Crippen molar-refractivity contribution in [3.63, 3.8) is 0 Å². The third-order valence-corrected chi connectivity index (χ3v) is 2.97. The molecule has 0 aliphatic carbocycles. The highest BCUT2D eigenvalue weighted by Crippen LogP contribution is 2.40. The lowest BCUT2D eigenvalue weighted by atomic mass is 10.0. The lowest BCUT2D eigenvalue weighted by Crippen LogP contribution is -2.39. The molecule has 0 unspecified atom stereocenters. The number of nitro groups is 1. The second kappa shape index (κ2) is 5.33. The standard InChI is InChI=1S/C12H15N3O5/c1-6(2)11(13)12(16)14-7-3-9-10(20-5-19-9)4-8(7)15(17)18/h3-4,6,11H,5,13H2,1-2H3,(H,14,16)/t11-/m1/s1. The molecule has 108 valence electrons. The van der Waals surface area contributed by atoms with Crippen molar-refractivity contribution in [2.75, 3.05) is 12.1 Å². The second-order valence-corrected chi connectivity index (χ2v) is 4.74. The summed E-state index contributed by atoms with van der Waals surface area (Å²) < 4.78 is 10.2. The largest absolute Gasteiger partial charge is 0.454 e. The van der Waals surface area contributed by atoms with Crippen molar-refractivity contribution >= 4 is 17.3 Å². The summed E-state index contributed by atoms with van der Waals surface area (Å²) in [7, 11) is 0. The first-order chi connectivity index (χ1) is 9.40. The smallest absolute Gasteiger partial charge is 0.296 e. The number of amides is 1. The number of ether oxygens (including phenoxy) is 2. The van der Waals surface area contributed by atoms with Crippen LogP contribution in [0.5, 0.6) is 11.5 Å². The van der Waals surface area contributed by atoms with Gasteiger partial charge in [0.2, 0.25) is 12.7 Å². The van der Waals surface area contributed by atoms with Crippen LogP contribution in [0.2, 0.25) is 0 Å². The molecule has 8 heteroatoms. The maximum absolute atomic E-state index is 11.9. The van der Waals surface area contributed by atoms with Gasteiger partial charge in [-0.15, -0.1) is 0 Å². The molecule has 2 rings (SSSR count). The lowest BCUT2D eigenvalue weighted by molar-refractivity contribution is -0.384. The quantitative estimate of drug-likeness (QED) is 0.633. The predicted octanol–water partition coefficient (Wildman–Crippen LogP) is 1.25. The van der Waals surface area contributed by atoms with Gasteiger partial charge in [0.1, 0.15) is 5.69 Å². The Morgan fingerprint density at radius 3 is 2.55 bits per heavy atom. The minimum Gasteiger partial charge on any atom is -0.454 e. The minimum absolute atomic E-state index is 0.00457. The molecular weight excluding hydrogens is 266 g/mol. The summed E-state index contributed by atoms with van der Waals surface area (Å²) in [6.07, 6.45) is 0. The zero-order valence-electron chi connectivity index (χ0n) is 11.1. The molecule has 0 saturated heterocycles. The fraction of sp³-hybridized carbons (Fsp3) is 0.417. The number of hydrogen-bond donors (Lipinski definition) is 2. The van der Waals surface area contributed by atoms with E-state index in [9.17, 15) is 14.9 Å². The molecule has 8 nitrogen and oxygen atoms in total. The highest BCUT2D eigenvalue weighted by Gasteiger charge is 2.26. The maximum Gasteiger partial charge on any atom is 0.296 e. The van der Waals surface area contributed by atoms with Gasteiger partial charge in [-0.1, -0.05) is 13.8 Å². The van der Waals surface area contributed by atoms with E-state index in [2.05, 4.69) is 5.32 Å². The van der Waals surface area contributed by atoms with Gasteiger partial charge in [-0.2, -0.15) is 0 Å². The van der Waals surface area contributed by atoms with Crippen LogP contribution in [0.25, 0.3) is 0 Å². The fourth-order valence-electron chi connectivity index (χ4n) is 1.70. The Kier molecular flexibility index (Phi) is 3.75. The number of rotatable bonds is 4. The van der Waals surface area contributed by atoms with Crippen molar-refractivity contribution in [3.05, 3.63) is 22.2 Å². The number of anilines is 1. The van der Waals surface area contributed by atoms with Crippen molar-refractivity contribution in [1.82, 2.24) is 0 Å². The normalized spacial score (nSPS) is 14.2. The van der Waals surface area contributed by atoms with E-state index < -0.39 is 16.9 Å². The number of carbonyl (C=O) groups is 1. The molecule has 1 atom stereocenters. The Hall–Kier alpha value is -2.35. The number of nitro benzene ring substituents is 1. The van der Waals surface area contributed by atoms with Crippen LogP contribution in [0.15, 0.2) is 12.1 Å². The molecule has 1 aliphatic rings. The first kappa shape index (κ1) is 14.1. The Balaban J connectivity index is 2.31. The van der Waals surface area contributed by atoms with E-state index >= 15 is 0 Å². The number of fused-ring (bicyclic) bond motifs is 1. The number of carbonyl (C=O) groups excluding carboxylic acids is 1. The highest BCUT2D eigenvalue weighted by atomic mass is 16.7. The number of nitrogens with two attached hydrogens (primary N) is 1. The van der Waals surface area contributed by atoms with Crippen LogP contribution in [0, 0.1) is 16.0 Å². The third kappa shape index (κ3) is 2.64. The second-order valence-electron chi connectivity index (χ2n) is 4.74.